The van der Waals surface area contributed by atoms with Crippen LogP contribution in [0.3, 0.4) is 0 Å². The molecule has 5 nitrogen and oxygen atoms in total. The first-order valence-corrected chi connectivity index (χ1v) is 9.37. The van der Waals surface area contributed by atoms with Gasteiger partial charge in [-0.05, 0) is 35.1 Å². The van der Waals surface area contributed by atoms with Gasteiger partial charge in [-0.15, -0.1) is 0 Å². The van der Waals surface area contributed by atoms with Gasteiger partial charge in [-0.25, -0.2) is 14.6 Å². The van der Waals surface area contributed by atoms with Gasteiger partial charge in [-0.1, -0.05) is 52.0 Å². The zero-order valence-electron chi connectivity index (χ0n) is 16.4. The molecule has 4 aromatic rings. The zero-order valence-corrected chi connectivity index (χ0v) is 16.4. The minimum Gasteiger partial charge on any atom is -0.440 e. The fraction of sp³-hybridized carbons (Fsp3) is 0.318. The summed E-state index contributed by atoms with van der Waals surface area (Å²) in [5.41, 5.74) is 6.11. The number of para-hydroxylation sites is 2. The van der Waals surface area contributed by atoms with Crippen molar-refractivity contribution in [1.29, 1.82) is 0 Å². The number of hydrogen-bond acceptors (Lipinski definition) is 4. The van der Waals surface area contributed by atoms with Gasteiger partial charge in [0.2, 0.25) is 0 Å². The van der Waals surface area contributed by atoms with Crippen LogP contribution in [0, 0.1) is 6.92 Å². The van der Waals surface area contributed by atoms with Gasteiger partial charge in [0.05, 0.1) is 11.3 Å². The largest absolute Gasteiger partial charge is 0.440 e. The summed E-state index contributed by atoms with van der Waals surface area (Å²) in [5, 5.41) is 4.61. The Hall–Kier alpha value is -2.95. The molecule has 27 heavy (non-hydrogen) atoms. The summed E-state index contributed by atoms with van der Waals surface area (Å²) >= 11 is 0. The highest BCUT2D eigenvalue weighted by Crippen LogP contribution is 2.35. The third kappa shape index (κ3) is 2.93. The Morgan fingerprint density at radius 1 is 0.926 bits per heavy atom. The van der Waals surface area contributed by atoms with Crippen LogP contribution in [0.2, 0.25) is 0 Å². The second-order valence-corrected chi connectivity index (χ2v) is 7.48. The molecule has 0 bridgehead atoms. The van der Waals surface area contributed by atoms with Gasteiger partial charge in [0.1, 0.15) is 11.8 Å². The van der Waals surface area contributed by atoms with Crippen LogP contribution < -0.4 is 0 Å². The Kier molecular flexibility index (Phi) is 4.30. The van der Waals surface area contributed by atoms with E-state index in [9.17, 15) is 0 Å². The van der Waals surface area contributed by atoms with E-state index in [4.69, 9.17) is 4.42 Å². The van der Waals surface area contributed by atoms with Crippen LogP contribution in [0.4, 0.5) is 0 Å². The van der Waals surface area contributed by atoms with Crippen LogP contribution in [0.1, 0.15) is 56.5 Å². The number of benzene rings is 2. The monoisotopic (exact) mass is 360 g/mol. The molecule has 0 aliphatic heterocycles. The third-order valence-corrected chi connectivity index (χ3v) is 4.86. The van der Waals surface area contributed by atoms with Crippen molar-refractivity contribution in [2.75, 3.05) is 0 Å². The molecule has 2 aromatic carbocycles. The van der Waals surface area contributed by atoms with Gasteiger partial charge in [-0.2, -0.15) is 5.10 Å². The van der Waals surface area contributed by atoms with E-state index in [2.05, 4.69) is 61.0 Å². The molecule has 0 aliphatic carbocycles. The minimum atomic E-state index is 0.374. The maximum absolute atomic E-state index is 5.88. The van der Waals surface area contributed by atoms with Gasteiger partial charge in [0, 0.05) is 6.92 Å². The molecular weight excluding hydrogens is 336 g/mol. The van der Waals surface area contributed by atoms with E-state index in [1.165, 1.54) is 11.1 Å². The van der Waals surface area contributed by atoms with Crippen molar-refractivity contribution in [3.8, 4) is 17.1 Å². The Balaban J connectivity index is 2.01. The summed E-state index contributed by atoms with van der Waals surface area (Å²) < 4.78 is 7.83. The summed E-state index contributed by atoms with van der Waals surface area (Å²) in [6, 6.07) is 12.4. The Morgan fingerprint density at radius 2 is 1.59 bits per heavy atom. The van der Waals surface area contributed by atoms with Crippen molar-refractivity contribution >= 4 is 11.1 Å². The molecule has 138 valence electrons. The van der Waals surface area contributed by atoms with Crippen LogP contribution in [-0.2, 0) is 0 Å². The summed E-state index contributed by atoms with van der Waals surface area (Å²) in [6.07, 6.45) is 1.61. The molecule has 0 atom stereocenters. The molecule has 0 unspecified atom stereocenters. The van der Waals surface area contributed by atoms with E-state index in [1.54, 1.807) is 6.33 Å². The van der Waals surface area contributed by atoms with Gasteiger partial charge >= 0.3 is 0 Å². The van der Waals surface area contributed by atoms with E-state index in [0.29, 0.717) is 17.7 Å². The topological polar surface area (TPSA) is 56.7 Å². The second-order valence-electron chi connectivity index (χ2n) is 7.48. The van der Waals surface area contributed by atoms with Crippen molar-refractivity contribution in [2.24, 2.45) is 0 Å². The molecule has 5 heteroatoms. The van der Waals surface area contributed by atoms with Gasteiger partial charge in [0.15, 0.2) is 17.3 Å². The molecule has 0 N–H and O–H groups in total. The summed E-state index contributed by atoms with van der Waals surface area (Å²) in [4.78, 5) is 9.04. The van der Waals surface area contributed by atoms with Crippen molar-refractivity contribution in [3.05, 3.63) is 59.7 Å². The number of nitrogens with zero attached hydrogens (tertiary/aromatic N) is 4. The first kappa shape index (κ1) is 17.5. The number of oxazole rings is 1. The fourth-order valence-corrected chi connectivity index (χ4v) is 3.58. The summed E-state index contributed by atoms with van der Waals surface area (Å²) in [5.74, 6) is 2.17. The van der Waals surface area contributed by atoms with Gasteiger partial charge in [0.25, 0.3) is 0 Å². The molecule has 4 rings (SSSR count). The van der Waals surface area contributed by atoms with Gasteiger partial charge < -0.3 is 4.42 Å². The first-order valence-electron chi connectivity index (χ1n) is 9.37. The van der Waals surface area contributed by atoms with E-state index < -0.39 is 0 Å². The molecular formula is C22H24N4O. The zero-order chi connectivity index (χ0) is 19.1. The van der Waals surface area contributed by atoms with Crippen molar-refractivity contribution in [2.45, 2.75) is 46.5 Å². The molecule has 0 aliphatic rings. The molecule has 0 spiro atoms. The Morgan fingerprint density at radius 3 is 2.26 bits per heavy atom. The molecule has 0 amide bonds. The van der Waals surface area contributed by atoms with E-state index in [1.807, 2.05) is 29.8 Å². The molecule has 0 saturated carbocycles. The summed E-state index contributed by atoms with van der Waals surface area (Å²) in [6.45, 7) is 10.7. The highest BCUT2D eigenvalue weighted by atomic mass is 16.3. The lowest BCUT2D eigenvalue weighted by Gasteiger charge is -2.20. The Labute approximate surface area is 159 Å². The normalized spacial score (nSPS) is 11.8. The van der Waals surface area contributed by atoms with Crippen molar-refractivity contribution < 1.29 is 4.42 Å². The van der Waals surface area contributed by atoms with Crippen LogP contribution in [0.15, 0.2) is 47.1 Å². The molecule has 2 heterocycles. The van der Waals surface area contributed by atoms with Crippen molar-refractivity contribution in [3.63, 3.8) is 0 Å². The lowest BCUT2D eigenvalue weighted by molar-refractivity contribution is 0.561. The van der Waals surface area contributed by atoms with Crippen molar-refractivity contribution in [1.82, 2.24) is 19.7 Å². The predicted octanol–water partition coefficient (Wildman–Crippen LogP) is 5.63. The highest BCUT2D eigenvalue weighted by molar-refractivity contribution is 5.88. The maximum Gasteiger partial charge on any atom is 0.192 e. The molecule has 0 fully saturated rings. The first-order chi connectivity index (χ1) is 13.0. The number of rotatable bonds is 4. The standard InChI is InChI=1S/C22H24N4O/c1-13(2)16-8-6-9-17(14(3)4)20(16)26-22(23-12-24-26)18-10-7-11-19-21(18)27-15(5)25-19/h6-14H,1-5H3. The SMILES string of the molecule is Cc1nc2cccc(-c3ncnn3-c3c(C(C)C)cccc3C(C)C)c2o1. The van der Waals surface area contributed by atoms with E-state index in [-0.39, 0.29) is 0 Å². The van der Waals surface area contributed by atoms with Gasteiger partial charge in [-0.3, -0.25) is 0 Å². The lowest BCUT2D eigenvalue weighted by Crippen LogP contribution is -2.09. The average Bonchev–Trinajstić information content (AvgIpc) is 3.25. The summed E-state index contributed by atoms with van der Waals surface area (Å²) in [7, 11) is 0. The van der Waals surface area contributed by atoms with E-state index >= 15 is 0 Å². The predicted molar refractivity (Wildman–Crippen MR) is 107 cm³/mol. The second kappa shape index (κ2) is 6.65. The highest BCUT2D eigenvalue weighted by Gasteiger charge is 2.21. The number of aryl methyl sites for hydroxylation is 1. The fourth-order valence-electron chi connectivity index (χ4n) is 3.58. The number of aromatic nitrogens is 4. The lowest BCUT2D eigenvalue weighted by atomic mass is 9.92. The molecule has 0 radical (unpaired) electrons. The van der Waals surface area contributed by atoms with Crippen LogP contribution >= 0.6 is 0 Å². The maximum atomic E-state index is 5.88. The average molecular weight is 360 g/mol. The third-order valence-electron chi connectivity index (χ3n) is 4.86. The Bertz CT molecular complexity index is 1080. The smallest absolute Gasteiger partial charge is 0.192 e. The quantitative estimate of drug-likeness (QED) is 0.473. The van der Waals surface area contributed by atoms with Crippen LogP contribution in [0.25, 0.3) is 28.2 Å². The molecule has 0 saturated heterocycles. The number of hydrogen-bond donors (Lipinski definition) is 0. The minimum absolute atomic E-state index is 0.374. The van der Waals surface area contributed by atoms with Crippen LogP contribution in [0.5, 0.6) is 0 Å². The molecule has 2 aromatic heterocycles. The number of fused-ring (bicyclic) bond motifs is 1. The van der Waals surface area contributed by atoms with Crippen LogP contribution in [-0.4, -0.2) is 19.7 Å². The van der Waals surface area contributed by atoms with E-state index in [0.717, 1.165) is 28.2 Å².